The van der Waals surface area contributed by atoms with Crippen LogP contribution in [0.4, 0.5) is 0 Å². The molecule has 0 fully saturated rings. The lowest BCUT2D eigenvalue weighted by Crippen LogP contribution is -2.10. The van der Waals surface area contributed by atoms with Crippen molar-refractivity contribution in [2.75, 3.05) is 0 Å². The Bertz CT molecular complexity index is 1440. The highest BCUT2D eigenvalue weighted by Gasteiger charge is 2.16. The number of rotatable bonds is 3. The maximum atomic E-state index is 5.95. The van der Waals surface area contributed by atoms with Crippen molar-refractivity contribution in [2.45, 2.75) is 46.1 Å². The molecule has 0 N–H and O–H groups in total. The minimum atomic E-state index is 0.0910. The molecular formula is C28H28N2O. The smallest absolute Gasteiger partial charge is 0.220 e. The van der Waals surface area contributed by atoms with Crippen LogP contribution in [0.2, 0.25) is 0 Å². The molecule has 5 rings (SSSR count). The lowest BCUT2D eigenvalue weighted by molar-refractivity contribution is 0.585. The minimum Gasteiger partial charge on any atom is -0.437 e. The molecule has 3 aromatic carbocycles. The van der Waals surface area contributed by atoms with Crippen molar-refractivity contribution in [3.63, 3.8) is 0 Å². The minimum absolute atomic E-state index is 0.0910. The molecule has 0 saturated carbocycles. The molecular weight excluding hydrogens is 380 g/mol. The summed E-state index contributed by atoms with van der Waals surface area (Å²) in [5, 5.41) is 2.57. The van der Waals surface area contributed by atoms with Crippen LogP contribution < -0.4 is 0 Å². The molecule has 0 aliphatic rings. The molecule has 0 unspecified atom stereocenters. The third-order valence-electron chi connectivity index (χ3n) is 5.94. The largest absolute Gasteiger partial charge is 0.437 e. The molecule has 0 aliphatic heterocycles. The van der Waals surface area contributed by atoms with Crippen LogP contribution in [0.5, 0.6) is 0 Å². The lowest BCUT2D eigenvalue weighted by atomic mass is 9.87. The fourth-order valence-corrected chi connectivity index (χ4v) is 4.33. The Labute approximate surface area is 183 Å². The molecule has 2 aromatic heterocycles. The van der Waals surface area contributed by atoms with Crippen molar-refractivity contribution in [1.82, 2.24) is 9.55 Å². The summed E-state index contributed by atoms with van der Waals surface area (Å²) in [6.45, 7) is 11.1. The van der Waals surface area contributed by atoms with Crippen LogP contribution in [0.1, 0.15) is 57.7 Å². The van der Waals surface area contributed by atoms with Crippen LogP contribution in [-0.2, 0) is 5.41 Å². The molecule has 0 atom stereocenters. The van der Waals surface area contributed by atoms with Crippen molar-refractivity contribution >= 4 is 45.1 Å². The van der Waals surface area contributed by atoms with Crippen LogP contribution in [0.3, 0.4) is 0 Å². The Hall–Kier alpha value is -3.33. The van der Waals surface area contributed by atoms with E-state index in [-0.39, 0.29) is 5.41 Å². The summed E-state index contributed by atoms with van der Waals surface area (Å²) in [6, 6.07) is 21.9. The molecule has 31 heavy (non-hydrogen) atoms. The number of hydrogen-bond donors (Lipinski definition) is 0. The van der Waals surface area contributed by atoms with Crippen molar-refractivity contribution in [3.05, 3.63) is 77.7 Å². The van der Waals surface area contributed by atoms with Gasteiger partial charge in [0, 0.05) is 33.9 Å². The van der Waals surface area contributed by atoms with Gasteiger partial charge in [0.2, 0.25) is 5.89 Å². The highest BCUT2D eigenvalue weighted by molar-refractivity contribution is 6.08. The quantitative estimate of drug-likeness (QED) is 0.303. The second-order valence-electron chi connectivity index (χ2n) is 9.58. The average Bonchev–Trinajstić information content (AvgIpc) is 3.29. The molecule has 3 nitrogen and oxygen atoms in total. The number of oxazole rings is 1. The molecule has 0 amide bonds. The van der Waals surface area contributed by atoms with Gasteiger partial charge in [-0.1, -0.05) is 51.1 Å². The molecule has 0 saturated heterocycles. The Morgan fingerprint density at radius 1 is 0.871 bits per heavy atom. The molecule has 0 spiro atoms. The number of benzene rings is 3. The molecule has 0 aliphatic carbocycles. The van der Waals surface area contributed by atoms with E-state index >= 15 is 0 Å². The van der Waals surface area contributed by atoms with Gasteiger partial charge in [0.1, 0.15) is 5.52 Å². The predicted octanol–water partition coefficient (Wildman–Crippen LogP) is 7.98. The van der Waals surface area contributed by atoms with E-state index in [4.69, 9.17) is 4.42 Å². The van der Waals surface area contributed by atoms with Crippen LogP contribution in [0, 0.1) is 0 Å². The Morgan fingerprint density at radius 3 is 2.42 bits per heavy atom. The summed E-state index contributed by atoms with van der Waals surface area (Å²) < 4.78 is 8.36. The zero-order valence-electron chi connectivity index (χ0n) is 18.8. The van der Waals surface area contributed by atoms with Crippen LogP contribution in [0.25, 0.3) is 45.1 Å². The maximum absolute atomic E-state index is 5.95. The van der Waals surface area contributed by atoms with Crippen molar-refractivity contribution in [2.24, 2.45) is 0 Å². The SMILES string of the molecule is CC(C)n1c2ccccc2c2cc(C=Cc3nc4cc(C(C)(C)C)ccc4o3)ccc21. The second kappa shape index (κ2) is 7.12. The van der Waals surface area contributed by atoms with E-state index in [1.807, 2.05) is 12.1 Å². The fourth-order valence-electron chi connectivity index (χ4n) is 4.33. The Morgan fingerprint density at radius 2 is 1.65 bits per heavy atom. The van der Waals surface area contributed by atoms with Crippen LogP contribution in [0.15, 0.2) is 65.1 Å². The molecule has 156 valence electrons. The highest BCUT2D eigenvalue weighted by Crippen LogP contribution is 2.33. The summed E-state index contributed by atoms with van der Waals surface area (Å²) in [5.41, 5.74) is 6.76. The Balaban J connectivity index is 1.54. The first kappa shape index (κ1) is 19.6. The first-order valence-electron chi connectivity index (χ1n) is 10.9. The monoisotopic (exact) mass is 408 g/mol. The second-order valence-corrected chi connectivity index (χ2v) is 9.58. The summed E-state index contributed by atoms with van der Waals surface area (Å²) in [7, 11) is 0. The third kappa shape index (κ3) is 3.44. The maximum Gasteiger partial charge on any atom is 0.220 e. The van der Waals surface area contributed by atoms with E-state index in [9.17, 15) is 0 Å². The number of aromatic nitrogens is 2. The first-order valence-corrected chi connectivity index (χ1v) is 10.9. The summed E-state index contributed by atoms with van der Waals surface area (Å²) in [5.74, 6) is 0.630. The van der Waals surface area contributed by atoms with Gasteiger partial charge in [-0.25, -0.2) is 4.98 Å². The van der Waals surface area contributed by atoms with Crippen molar-refractivity contribution in [3.8, 4) is 0 Å². The van der Waals surface area contributed by atoms with Gasteiger partial charge in [-0.15, -0.1) is 0 Å². The van der Waals surface area contributed by atoms with Crippen LogP contribution >= 0.6 is 0 Å². The summed E-state index contributed by atoms with van der Waals surface area (Å²) in [6.07, 6.45) is 4.04. The topological polar surface area (TPSA) is 31.0 Å². The van der Waals surface area contributed by atoms with Crippen molar-refractivity contribution in [1.29, 1.82) is 0 Å². The standard InChI is InChI=1S/C28H28N2O/c1-18(2)30-24-9-7-6-8-21(24)22-16-19(10-13-25(22)30)11-15-27-29-23-17-20(28(3,4)5)12-14-26(23)31-27/h6-18H,1-5H3. The predicted molar refractivity (Wildman–Crippen MR) is 131 cm³/mol. The van der Waals surface area contributed by atoms with Crippen molar-refractivity contribution < 1.29 is 4.42 Å². The van der Waals surface area contributed by atoms with E-state index in [2.05, 4.69) is 105 Å². The van der Waals surface area contributed by atoms with Gasteiger partial charge in [0.05, 0.1) is 0 Å². The van der Waals surface area contributed by atoms with Crippen LogP contribution in [-0.4, -0.2) is 9.55 Å². The van der Waals surface area contributed by atoms with Gasteiger partial charge in [0.25, 0.3) is 0 Å². The van der Waals surface area contributed by atoms with Gasteiger partial charge < -0.3 is 8.98 Å². The number of hydrogen-bond acceptors (Lipinski definition) is 2. The molecule has 0 radical (unpaired) electrons. The van der Waals surface area contributed by atoms with E-state index in [1.54, 1.807) is 0 Å². The lowest BCUT2D eigenvalue weighted by Gasteiger charge is -2.18. The van der Waals surface area contributed by atoms with Gasteiger partial charge in [-0.2, -0.15) is 0 Å². The molecule has 2 heterocycles. The van der Waals surface area contributed by atoms with Gasteiger partial charge >= 0.3 is 0 Å². The van der Waals surface area contributed by atoms with Gasteiger partial charge in [-0.05, 0) is 66.8 Å². The number of para-hydroxylation sites is 1. The third-order valence-corrected chi connectivity index (χ3v) is 5.94. The zero-order valence-corrected chi connectivity index (χ0v) is 18.8. The van der Waals surface area contributed by atoms with E-state index in [0.717, 1.165) is 16.7 Å². The molecule has 0 bridgehead atoms. The van der Waals surface area contributed by atoms with Gasteiger partial charge in [0.15, 0.2) is 5.58 Å². The number of nitrogens with zero attached hydrogens (tertiary/aromatic N) is 2. The van der Waals surface area contributed by atoms with E-state index < -0.39 is 0 Å². The van der Waals surface area contributed by atoms with Gasteiger partial charge in [-0.3, -0.25) is 0 Å². The first-order chi connectivity index (χ1) is 14.8. The summed E-state index contributed by atoms with van der Waals surface area (Å²) in [4.78, 5) is 4.68. The average molecular weight is 409 g/mol. The Kier molecular flexibility index (Phi) is 4.51. The number of fused-ring (bicyclic) bond motifs is 4. The fraction of sp³-hybridized carbons (Fsp3) is 0.250. The van der Waals surface area contributed by atoms with E-state index in [0.29, 0.717) is 11.9 Å². The zero-order chi connectivity index (χ0) is 21.8. The van der Waals surface area contributed by atoms with E-state index in [1.165, 1.54) is 27.4 Å². The summed E-state index contributed by atoms with van der Waals surface area (Å²) >= 11 is 0. The normalized spacial score (nSPS) is 12.8. The molecule has 5 aromatic rings. The highest BCUT2D eigenvalue weighted by atomic mass is 16.3. The molecule has 3 heteroatoms.